The highest BCUT2D eigenvalue weighted by Crippen LogP contribution is 2.39. The Balaban J connectivity index is 2.22. The van der Waals surface area contributed by atoms with Crippen LogP contribution < -0.4 is 36.1 Å². The minimum absolute atomic E-state index is 0.0373. The van der Waals surface area contributed by atoms with Crippen LogP contribution in [0.3, 0.4) is 0 Å². The number of anilines is 2. The molecule has 0 saturated carbocycles. The second-order valence-electron chi connectivity index (χ2n) is 7.79. The highest BCUT2D eigenvalue weighted by atomic mass is 16.5. The lowest BCUT2D eigenvalue weighted by Gasteiger charge is -2.25. The van der Waals surface area contributed by atoms with Crippen LogP contribution in [0.2, 0.25) is 0 Å². The molecule has 3 rings (SSSR count). The largest absolute Gasteiger partial charge is 0.493 e. The third-order valence-corrected chi connectivity index (χ3v) is 5.56. The van der Waals surface area contributed by atoms with Gasteiger partial charge < -0.3 is 19.9 Å². The van der Waals surface area contributed by atoms with Crippen molar-refractivity contribution in [1.82, 2.24) is 9.55 Å². The van der Waals surface area contributed by atoms with Gasteiger partial charge in [0.05, 0.1) is 27.9 Å². The van der Waals surface area contributed by atoms with Crippen molar-refractivity contribution in [2.75, 3.05) is 32.0 Å². The fraction of sp³-hybridized carbons (Fsp3) is 0.320. The summed E-state index contributed by atoms with van der Waals surface area (Å²) in [5.74, 6) is 0.274. The molecule has 2 aromatic carbocycles. The Morgan fingerprint density at radius 3 is 2.20 bits per heavy atom. The van der Waals surface area contributed by atoms with Gasteiger partial charge in [-0.25, -0.2) is 4.79 Å². The number of nitrogens with one attached hydrogen (secondary N) is 1. The zero-order valence-electron chi connectivity index (χ0n) is 20.3. The number of aromatic amines is 1. The predicted molar refractivity (Wildman–Crippen MR) is 134 cm³/mol. The Bertz CT molecular complexity index is 1270. The molecule has 3 aromatic rings. The van der Waals surface area contributed by atoms with Gasteiger partial charge in [-0.1, -0.05) is 43.7 Å². The van der Waals surface area contributed by atoms with Crippen LogP contribution in [0.1, 0.15) is 35.7 Å². The Labute approximate surface area is 202 Å². The number of ether oxygens (including phenoxy) is 3. The number of aromatic nitrogens is 2. The fourth-order valence-corrected chi connectivity index (χ4v) is 3.76. The van der Waals surface area contributed by atoms with Crippen molar-refractivity contribution in [1.29, 1.82) is 0 Å². The molecule has 0 atom stereocenters. The van der Waals surface area contributed by atoms with Crippen LogP contribution >= 0.6 is 0 Å². The number of nitrogen functional groups attached to an aromatic ring is 1. The van der Waals surface area contributed by atoms with E-state index in [-0.39, 0.29) is 35.1 Å². The van der Waals surface area contributed by atoms with Crippen molar-refractivity contribution >= 4 is 17.4 Å². The summed E-state index contributed by atoms with van der Waals surface area (Å²) < 4.78 is 17.4. The van der Waals surface area contributed by atoms with Crippen molar-refractivity contribution in [3.63, 3.8) is 0 Å². The van der Waals surface area contributed by atoms with Crippen molar-refractivity contribution < 1.29 is 19.0 Å². The monoisotopic (exact) mass is 482 g/mol. The maximum Gasteiger partial charge on any atom is 0.330 e. The average Bonchev–Trinajstić information content (AvgIpc) is 2.87. The van der Waals surface area contributed by atoms with E-state index in [0.29, 0.717) is 18.7 Å². The molecular weight excluding hydrogens is 452 g/mol. The first-order chi connectivity index (χ1) is 16.9. The van der Waals surface area contributed by atoms with Gasteiger partial charge in [0.25, 0.3) is 11.5 Å². The molecule has 0 saturated heterocycles. The smallest absolute Gasteiger partial charge is 0.330 e. The third kappa shape index (κ3) is 5.32. The summed E-state index contributed by atoms with van der Waals surface area (Å²) in [6, 6.07) is 12.2. The molecule has 35 heavy (non-hydrogen) atoms. The van der Waals surface area contributed by atoms with Crippen molar-refractivity contribution in [2.45, 2.75) is 32.9 Å². The van der Waals surface area contributed by atoms with Gasteiger partial charge in [-0.3, -0.25) is 24.0 Å². The number of H-pyrrole nitrogens is 1. The summed E-state index contributed by atoms with van der Waals surface area (Å²) in [6.07, 6.45) is 1.49. The molecule has 0 aliphatic heterocycles. The second-order valence-corrected chi connectivity index (χ2v) is 7.79. The van der Waals surface area contributed by atoms with E-state index in [1.165, 1.54) is 42.9 Å². The van der Waals surface area contributed by atoms with Gasteiger partial charge in [0.15, 0.2) is 17.2 Å². The summed E-state index contributed by atoms with van der Waals surface area (Å²) >= 11 is 0. The van der Waals surface area contributed by atoms with Crippen LogP contribution in [0.25, 0.3) is 0 Å². The number of benzene rings is 2. The van der Waals surface area contributed by atoms with Crippen LogP contribution in [0.15, 0.2) is 52.1 Å². The SMILES string of the molecule is CCCCn1c(N)c(N(Cc2ccccc2)C(=O)c2cc(OC)c(OC)c(OC)c2)c(=O)[nH]c1=O. The maximum absolute atomic E-state index is 13.9. The highest BCUT2D eigenvalue weighted by molar-refractivity contribution is 6.07. The van der Waals surface area contributed by atoms with Gasteiger partial charge in [0.2, 0.25) is 5.75 Å². The number of carbonyl (C=O) groups is 1. The standard InChI is InChI=1S/C25H30N4O6/c1-5-6-12-28-22(26)20(23(30)27-25(28)32)29(15-16-10-8-7-9-11-16)24(31)17-13-18(33-2)21(35-4)19(14-17)34-3/h7-11,13-14H,5-6,12,15,26H2,1-4H3,(H,27,30,32). The lowest BCUT2D eigenvalue weighted by molar-refractivity contribution is 0.0984. The molecule has 1 aromatic heterocycles. The fourth-order valence-electron chi connectivity index (χ4n) is 3.76. The minimum Gasteiger partial charge on any atom is -0.493 e. The van der Waals surface area contributed by atoms with Crippen molar-refractivity contribution in [3.8, 4) is 17.2 Å². The van der Waals surface area contributed by atoms with Gasteiger partial charge in [0, 0.05) is 12.1 Å². The summed E-state index contributed by atoms with van der Waals surface area (Å²) in [7, 11) is 4.35. The summed E-state index contributed by atoms with van der Waals surface area (Å²) in [5.41, 5.74) is 5.80. The molecule has 10 heteroatoms. The van der Waals surface area contributed by atoms with Crippen molar-refractivity contribution in [3.05, 3.63) is 74.4 Å². The number of hydrogen-bond donors (Lipinski definition) is 2. The Hall–Kier alpha value is -4.21. The lowest BCUT2D eigenvalue weighted by Crippen LogP contribution is -2.41. The highest BCUT2D eigenvalue weighted by Gasteiger charge is 2.27. The molecule has 3 N–H and O–H groups in total. The molecule has 0 bridgehead atoms. The van der Waals surface area contributed by atoms with Gasteiger partial charge >= 0.3 is 5.69 Å². The number of carbonyl (C=O) groups excluding carboxylic acids is 1. The molecule has 0 unspecified atom stereocenters. The minimum atomic E-state index is -0.753. The zero-order chi connectivity index (χ0) is 25.5. The first-order valence-electron chi connectivity index (χ1n) is 11.1. The van der Waals surface area contributed by atoms with Crippen LogP contribution in [0, 0.1) is 0 Å². The second kappa shape index (κ2) is 11.3. The van der Waals surface area contributed by atoms with E-state index in [9.17, 15) is 14.4 Å². The quantitative estimate of drug-likeness (QED) is 0.455. The Morgan fingerprint density at radius 1 is 1.03 bits per heavy atom. The predicted octanol–water partition coefficient (Wildman–Crippen LogP) is 2.79. The first kappa shape index (κ1) is 25.4. The molecule has 0 radical (unpaired) electrons. The van der Waals surface area contributed by atoms with E-state index in [1.54, 1.807) is 0 Å². The lowest BCUT2D eigenvalue weighted by atomic mass is 10.1. The normalized spacial score (nSPS) is 10.6. The van der Waals surface area contributed by atoms with Gasteiger partial charge in [0.1, 0.15) is 5.82 Å². The van der Waals surface area contributed by atoms with E-state index >= 15 is 0 Å². The number of hydrogen-bond acceptors (Lipinski definition) is 7. The number of nitrogens with two attached hydrogens (primary N) is 1. The van der Waals surface area contributed by atoms with Crippen molar-refractivity contribution in [2.24, 2.45) is 0 Å². The zero-order valence-corrected chi connectivity index (χ0v) is 20.3. The molecule has 1 amide bonds. The third-order valence-electron chi connectivity index (χ3n) is 5.56. The van der Waals surface area contributed by atoms with Gasteiger partial charge in [-0.2, -0.15) is 0 Å². The average molecular weight is 483 g/mol. The van der Waals surface area contributed by atoms with Crippen LogP contribution in [-0.4, -0.2) is 36.8 Å². The van der Waals surface area contributed by atoms with E-state index in [4.69, 9.17) is 19.9 Å². The van der Waals surface area contributed by atoms with Gasteiger partial charge in [-0.05, 0) is 24.1 Å². The number of nitrogens with zero attached hydrogens (tertiary/aromatic N) is 2. The summed E-state index contributed by atoms with van der Waals surface area (Å²) in [4.78, 5) is 42.9. The van der Waals surface area contributed by atoms with Gasteiger partial charge in [-0.15, -0.1) is 0 Å². The molecule has 1 heterocycles. The molecule has 0 aliphatic carbocycles. The molecule has 0 aliphatic rings. The van der Waals surface area contributed by atoms with Crippen LogP contribution in [-0.2, 0) is 13.1 Å². The number of methoxy groups -OCH3 is 3. The molecule has 0 fully saturated rings. The Morgan fingerprint density at radius 2 is 1.66 bits per heavy atom. The first-order valence-corrected chi connectivity index (χ1v) is 11.1. The molecule has 0 spiro atoms. The number of unbranched alkanes of at least 4 members (excludes halogenated alkanes) is 1. The van der Waals surface area contributed by atoms with Crippen LogP contribution in [0.5, 0.6) is 17.2 Å². The van der Waals surface area contributed by atoms with E-state index < -0.39 is 17.2 Å². The number of amides is 1. The van der Waals surface area contributed by atoms with E-state index in [2.05, 4.69) is 4.98 Å². The molecule has 186 valence electrons. The maximum atomic E-state index is 13.9. The molecule has 10 nitrogen and oxygen atoms in total. The Kier molecular flexibility index (Phi) is 8.19. The van der Waals surface area contributed by atoms with E-state index in [0.717, 1.165) is 12.0 Å². The summed E-state index contributed by atoms with van der Waals surface area (Å²) in [5, 5.41) is 0. The molecular formula is C25H30N4O6. The van der Waals surface area contributed by atoms with E-state index in [1.807, 2.05) is 37.3 Å². The topological polar surface area (TPSA) is 129 Å². The van der Waals surface area contributed by atoms with Crippen LogP contribution in [0.4, 0.5) is 11.5 Å². The number of rotatable bonds is 10. The summed E-state index contributed by atoms with van der Waals surface area (Å²) in [6.45, 7) is 2.32.